The van der Waals surface area contributed by atoms with Crippen molar-refractivity contribution in [3.05, 3.63) is 0 Å². The molecule has 0 radical (unpaired) electrons. The summed E-state index contributed by atoms with van der Waals surface area (Å²) in [4.78, 5) is 11.3. The van der Waals surface area contributed by atoms with Gasteiger partial charge in [0.1, 0.15) is 0 Å². The lowest BCUT2D eigenvalue weighted by Gasteiger charge is -2.27. The second-order valence-corrected chi connectivity index (χ2v) is 4.28. The lowest BCUT2D eigenvalue weighted by Crippen LogP contribution is -2.48. The van der Waals surface area contributed by atoms with Crippen LogP contribution in [0.1, 0.15) is 40.0 Å². The van der Waals surface area contributed by atoms with E-state index in [-0.39, 0.29) is 12.1 Å². The first-order chi connectivity index (χ1) is 6.09. The Labute approximate surface area is 80.3 Å². The molecule has 2 amide bonds. The molecule has 13 heavy (non-hydrogen) atoms. The number of hydrogen-bond acceptors (Lipinski definition) is 1. The van der Waals surface area contributed by atoms with Gasteiger partial charge in [-0.15, -0.1) is 0 Å². The van der Waals surface area contributed by atoms with Crippen molar-refractivity contribution in [3.63, 3.8) is 0 Å². The van der Waals surface area contributed by atoms with E-state index in [1.54, 1.807) is 0 Å². The molecular weight excluding hydrogens is 164 g/mol. The lowest BCUT2D eigenvalue weighted by atomic mass is 9.93. The van der Waals surface area contributed by atoms with Gasteiger partial charge in [0.2, 0.25) is 0 Å². The summed E-state index contributed by atoms with van der Waals surface area (Å²) in [7, 11) is 0. The van der Waals surface area contributed by atoms with Crippen LogP contribution in [0.15, 0.2) is 0 Å². The van der Waals surface area contributed by atoms with E-state index in [0.717, 1.165) is 12.8 Å². The Kier molecular flexibility index (Phi) is 3.58. The zero-order chi connectivity index (χ0) is 9.84. The Morgan fingerprint density at radius 1 is 1.31 bits per heavy atom. The van der Waals surface area contributed by atoms with Crippen LogP contribution in [0.3, 0.4) is 0 Å². The Morgan fingerprint density at radius 2 is 1.92 bits per heavy atom. The summed E-state index contributed by atoms with van der Waals surface area (Å²) in [6.45, 7) is 6.24. The predicted molar refractivity (Wildman–Crippen MR) is 53.6 cm³/mol. The molecule has 0 aromatic carbocycles. The van der Waals surface area contributed by atoms with Gasteiger partial charge in [-0.3, -0.25) is 0 Å². The van der Waals surface area contributed by atoms with Crippen molar-refractivity contribution < 1.29 is 4.79 Å². The van der Waals surface area contributed by atoms with Crippen LogP contribution >= 0.6 is 0 Å². The normalized spacial score (nSPS) is 19.4. The Bertz CT molecular complexity index is 176. The molecule has 1 saturated carbocycles. The van der Waals surface area contributed by atoms with E-state index in [0.29, 0.717) is 12.0 Å². The minimum Gasteiger partial charge on any atom is -0.335 e. The first kappa shape index (κ1) is 10.4. The van der Waals surface area contributed by atoms with Gasteiger partial charge in [-0.2, -0.15) is 0 Å². The average Bonchev–Trinajstić information content (AvgIpc) is 1.96. The summed E-state index contributed by atoms with van der Waals surface area (Å²) in [6.07, 6.45) is 3.54. The van der Waals surface area contributed by atoms with Crippen molar-refractivity contribution in [2.75, 3.05) is 0 Å². The molecule has 1 aliphatic rings. The zero-order valence-corrected chi connectivity index (χ0v) is 8.76. The highest BCUT2D eigenvalue weighted by Gasteiger charge is 2.20. The van der Waals surface area contributed by atoms with E-state index >= 15 is 0 Å². The summed E-state index contributed by atoms with van der Waals surface area (Å²) >= 11 is 0. The van der Waals surface area contributed by atoms with Gasteiger partial charge in [-0.1, -0.05) is 13.8 Å². The first-order valence-electron chi connectivity index (χ1n) is 5.16. The summed E-state index contributed by atoms with van der Waals surface area (Å²) in [6, 6.07) is 0.672. The molecule has 1 aliphatic carbocycles. The minimum absolute atomic E-state index is 0.00843. The van der Waals surface area contributed by atoms with Crippen LogP contribution in [0.2, 0.25) is 0 Å². The maximum atomic E-state index is 11.3. The molecule has 3 nitrogen and oxygen atoms in total. The van der Waals surface area contributed by atoms with Gasteiger partial charge >= 0.3 is 6.03 Å². The summed E-state index contributed by atoms with van der Waals surface area (Å²) in [5, 5.41) is 5.88. The van der Waals surface area contributed by atoms with Crippen molar-refractivity contribution in [2.45, 2.75) is 52.1 Å². The topological polar surface area (TPSA) is 41.1 Å². The molecule has 1 rings (SSSR count). The van der Waals surface area contributed by atoms with Crippen LogP contribution in [-0.4, -0.2) is 18.1 Å². The first-order valence-corrected chi connectivity index (χ1v) is 5.16. The molecular formula is C10H20N2O. The molecule has 1 atom stereocenters. The largest absolute Gasteiger partial charge is 0.335 e. The third-order valence-electron chi connectivity index (χ3n) is 2.80. The number of carbonyl (C=O) groups excluding carboxylic acids is 1. The fourth-order valence-corrected chi connectivity index (χ4v) is 1.15. The smallest absolute Gasteiger partial charge is 0.315 e. The van der Waals surface area contributed by atoms with Gasteiger partial charge in [0.05, 0.1) is 0 Å². The third-order valence-corrected chi connectivity index (χ3v) is 2.80. The van der Waals surface area contributed by atoms with Crippen LogP contribution in [-0.2, 0) is 0 Å². The van der Waals surface area contributed by atoms with E-state index < -0.39 is 0 Å². The summed E-state index contributed by atoms with van der Waals surface area (Å²) in [5.41, 5.74) is 0. The van der Waals surface area contributed by atoms with E-state index in [2.05, 4.69) is 24.5 Å². The Hall–Kier alpha value is -0.730. The van der Waals surface area contributed by atoms with Crippen LogP contribution in [0.25, 0.3) is 0 Å². The van der Waals surface area contributed by atoms with Crippen molar-refractivity contribution in [2.24, 2.45) is 5.92 Å². The number of urea groups is 1. The number of amides is 2. The predicted octanol–water partition coefficient (Wildman–Crippen LogP) is 1.88. The van der Waals surface area contributed by atoms with Crippen molar-refractivity contribution in [1.82, 2.24) is 10.6 Å². The Balaban J connectivity index is 2.16. The quantitative estimate of drug-likeness (QED) is 0.691. The highest BCUT2D eigenvalue weighted by atomic mass is 16.2. The van der Waals surface area contributed by atoms with Gasteiger partial charge in [0.15, 0.2) is 0 Å². The summed E-state index contributed by atoms with van der Waals surface area (Å²) < 4.78 is 0. The zero-order valence-electron chi connectivity index (χ0n) is 8.76. The molecule has 3 heteroatoms. The van der Waals surface area contributed by atoms with Crippen LogP contribution in [0, 0.1) is 5.92 Å². The molecule has 0 heterocycles. The standard InChI is InChI=1S/C10H20N2O/c1-7(2)8(3)11-10(13)12-9-5-4-6-9/h7-9H,4-6H2,1-3H3,(H2,11,12,13)/t8-/m1/s1. The fraction of sp³-hybridized carbons (Fsp3) is 0.900. The van der Waals surface area contributed by atoms with Crippen LogP contribution in [0.5, 0.6) is 0 Å². The molecule has 0 aromatic rings. The lowest BCUT2D eigenvalue weighted by molar-refractivity contribution is 0.222. The molecule has 1 fully saturated rings. The van der Waals surface area contributed by atoms with Gasteiger partial charge in [-0.25, -0.2) is 4.79 Å². The SMILES string of the molecule is CC(C)[C@@H](C)NC(=O)NC1CCC1. The number of carbonyl (C=O) groups is 1. The van der Waals surface area contributed by atoms with Crippen molar-refractivity contribution >= 4 is 6.03 Å². The molecule has 0 unspecified atom stereocenters. The molecule has 2 N–H and O–H groups in total. The molecule has 0 bridgehead atoms. The van der Waals surface area contributed by atoms with Gasteiger partial charge in [0.25, 0.3) is 0 Å². The van der Waals surface area contributed by atoms with Crippen LogP contribution in [0.4, 0.5) is 4.79 Å². The van der Waals surface area contributed by atoms with Crippen molar-refractivity contribution in [1.29, 1.82) is 0 Å². The Morgan fingerprint density at radius 3 is 2.31 bits per heavy atom. The highest BCUT2D eigenvalue weighted by Crippen LogP contribution is 2.17. The monoisotopic (exact) mass is 184 g/mol. The summed E-state index contributed by atoms with van der Waals surface area (Å²) in [5.74, 6) is 0.493. The molecule has 0 aliphatic heterocycles. The molecule has 0 aromatic heterocycles. The maximum Gasteiger partial charge on any atom is 0.315 e. The number of rotatable bonds is 3. The third kappa shape index (κ3) is 3.25. The highest BCUT2D eigenvalue weighted by molar-refractivity contribution is 5.74. The number of hydrogen-bond donors (Lipinski definition) is 2. The van der Waals surface area contributed by atoms with Gasteiger partial charge < -0.3 is 10.6 Å². The molecule has 76 valence electrons. The maximum absolute atomic E-state index is 11.3. The average molecular weight is 184 g/mol. The van der Waals surface area contributed by atoms with E-state index in [4.69, 9.17) is 0 Å². The number of nitrogens with one attached hydrogen (secondary N) is 2. The second kappa shape index (κ2) is 4.49. The van der Waals surface area contributed by atoms with Crippen molar-refractivity contribution in [3.8, 4) is 0 Å². The fourth-order valence-electron chi connectivity index (χ4n) is 1.15. The van der Waals surface area contributed by atoms with E-state index in [9.17, 15) is 4.79 Å². The van der Waals surface area contributed by atoms with E-state index in [1.165, 1.54) is 6.42 Å². The second-order valence-electron chi connectivity index (χ2n) is 4.28. The van der Waals surface area contributed by atoms with Gasteiger partial charge in [0, 0.05) is 12.1 Å². The van der Waals surface area contributed by atoms with E-state index in [1.807, 2.05) is 6.92 Å². The van der Waals surface area contributed by atoms with Crippen LogP contribution < -0.4 is 10.6 Å². The molecule has 0 spiro atoms. The molecule has 0 saturated heterocycles. The van der Waals surface area contributed by atoms with Gasteiger partial charge in [-0.05, 0) is 32.1 Å². The minimum atomic E-state index is -0.00843.